The fourth-order valence-electron chi connectivity index (χ4n) is 3.90. The fourth-order valence-corrected chi connectivity index (χ4v) is 3.90. The molecule has 2 heterocycles. The SMILES string of the molecule is COc1cc(C)c2[nH]ccc2c1CN1CCN(CCO)CC1.O=C(O)c1ccccc1. The quantitative estimate of drug-likeness (QED) is 0.563. The van der Waals surface area contributed by atoms with Crippen LogP contribution in [-0.2, 0) is 6.54 Å². The van der Waals surface area contributed by atoms with Crippen molar-refractivity contribution >= 4 is 16.9 Å². The zero-order valence-corrected chi connectivity index (χ0v) is 18.2. The van der Waals surface area contributed by atoms with Crippen molar-refractivity contribution in [3.8, 4) is 5.75 Å². The van der Waals surface area contributed by atoms with Gasteiger partial charge in [0, 0.05) is 61.9 Å². The molecular weight excluding hydrogens is 394 g/mol. The Morgan fingerprint density at radius 2 is 1.77 bits per heavy atom. The number of benzene rings is 2. The van der Waals surface area contributed by atoms with E-state index in [1.807, 2.05) is 6.20 Å². The van der Waals surface area contributed by atoms with E-state index < -0.39 is 5.97 Å². The number of piperazine rings is 1. The molecule has 1 aliphatic heterocycles. The van der Waals surface area contributed by atoms with Crippen LogP contribution in [0.4, 0.5) is 0 Å². The summed E-state index contributed by atoms with van der Waals surface area (Å²) < 4.78 is 5.62. The highest BCUT2D eigenvalue weighted by atomic mass is 16.5. The average molecular weight is 426 g/mol. The number of aromatic amines is 1. The maximum absolute atomic E-state index is 10.2. The molecule has 3 aromatic rings. The monoisotopic (exact) mass is 425 g/mol. The first-order valence-electron chi connectivity index (χ1n) is 10.5. The van der Waals surface area contributed by atoms with Crippen molar-refractivity contribution in [2.24, 2.45) is 0 Å². The molecule has 0 radical (unpaired) electrons. The fraction of sp³-hybridized carbons (Fsp3) is 0.375. The lowest BCUT2D eigenvalue weighted by molar-refractivity contribution is 0.0697. The molecule has 0 saturated carbocycles. The molecule has 0 spiro atoms. The summed E-state index contributed by atoms with van der Waals surface area (Å²) in [5.41, 5.74) is 4.01. The van der Waals surface area contributed by atoms with Gasteiger partial charge < -0.3 is 19.9 Å². The number of fused-ring (bicyclic) bond motifs is 1. The number of nitrogens with zero attached hydrogens (tertiary/aromatic N) is 2. The molecule has 0 bridgehead atoms. The molecule has 0 unspecified atom stereocenters. The topological polar surface area (TPSA) is 89.0 Å². The lowest BCUT2D eigenvalue weighted by Gasteiger charge is -2.34. The van der Waals surface area contributed by atoms with E-state index >= 15 is 0 Å². The van der Waals surface area contributed by atoms with Crippen molar-refractivity contribution < 1.29 is 19.7 Å². The number of aliphatic hydroxyl groups excluding tert-OH is 1. The van der Waals surface area contributed by atoms with Gasteiger partial charge in [-0.3, -0.25) is 9.80 Å². The number of aryl methyl sites for hydroxylation is 1. The summed E-state index contributed by atoms with van der Waals surface area (Å²) >= 11 is 0. The minimum absolute atomic E-state index is 0.246. The maximum atomic E-state index is 10.2. The summed E-state index contributed by atoms with van der Waals surface area (Å²) in [6.45, 7) is 8.14. The van der Waals surface area contributed by atoms with E-state index in [0.29, 0.717) is 5.56 Å². The third kappa shape index (κ3) is 5.85. The second kappa shape index (κ2) is 10.9. The Hall–Kier alpha value is -2.87. The molecule has 1 saturated heterocycles. The molecule has 4 rings (SSSR count). The number of hydrogen-bond donors (Lipinski definition) is 3. The van der Waals surface area contributed by atoms with Crippen LogP contribution >= 0.6 is 0 Å². The Kier molecular flexibility index (Phi) is 8.06. The van der Waals surface area contributed by atoms with Gasteiger partial charge in [-0.2, -0.15) is 0 Å². The Morgan fingerprint density at radius 1 is 1.10 bits per heavy atom. The predicted molar refractivity (Wildman–Crippen MR) is 122 cm³/mol. The number of carboxylic acid groups (broad SMARTS) is 1. The van der Waals surface area contributed by atoms with Gasteiger partial charge in [-0.15, -0.1) is 0 Å². The Balaban J connectivity index is 0.000000254. The molecule has 1 aromatic heterocycles. The summed E-state index contributed by atoms with van der Waals surface area (Å²) in [6.07, 6.45) is 2.00. The van der Waals surface area contributed by atoms with Gasteiger partial charge >= 0.3 is 5.97 Å². The highest BCUT2D eigenvalue weighted by Crippen LogP contribution is 2.31. The van der Waals surface area contributed by atoms with Gasteiger partial charge in [-0.25, -0.2) is 4.79 Å². The summed E-state index contributed by atoms with van der Waals surface area (Å²) in [4.78, 5) is 18.3. The molecule has 3 N–H and O–H groups in total. The first kappa shape index (κ1) is 22.8. The number of rotatable bonds is 6. The Labute approximate surface area is 182 Å². The largest absolute Gasteiger partial charge is 0.496 e. The second-order valence-electron chi connectivity index (χ2n) is 7.65. The van der Waals surface area contributed by atoms with Crippen LogP contribution in [0.2, 0.25) is 0 Å². The average Bonchev–Trinajstić information content (AvgIpc) is 3.29. The molecule has 1 aliphatic rings. The van der Waals surface area contributed by atoms with Gasteiger partial charge in [-0.05, 0) is 36.8 Å². The van der Waals surface area contributed by atoms with Crippen molar-refractivity contribution in [2.75, 3.05) is 46.4 Å². The van der Waals surface area contributed by atoms with E-state index in [0.717, 1.165) is 45.0 Å². The summed E-state index contributed by atoms with van der Waals surface area (Å²) in [5, 5.41) is 18.7. The number of aliphatic hydroxyl groups is 1. The van der Waals surface area contributed by atoms with Crippen LogP contribution in [0.25, 0.3) is 10.9 Å². The van der Waals surface area contributed by atoms with E-state index in [2.05, 4.69) is 33.8 Å². The lowest BCUT2D eigenvalue weighted by atomic mass is 10.0. The summed E-state index contributed by atoms with van der Waals surface area (Å²) in [5.74, 6) is 0.0954. The van der Waals surface area contributed by atoms with Crippen molar-refractivity contribution in [2.45, 2.75) is 13.5 Å². The number of hydrogen-bond acceptors (Lipinski definition) is 5. The van der Waals surface area contributed by atoms with Gasteiger partial charge in [-0.1, -0.05) is 18.2 Å². The number of aromatic nitrogens is 1. The van der Waals surface area contributed by atoms with Crippen LogP contribution < -0.4 is 4.74 Å². The second-order valence-corrected chi connectivity index (χ2v) is 7.65. The molecule has 7 heteroatoms. The van der Waals surface area contributed by atoms with Gasteiger partial charge in [0.15, 0.2) is 0 Å². The number of β-amino-alcohol motifs (C(OH)–C–C–N with tert-alkyl or cyclic N) is 1. The van der Waals surface area contributed by atoms with E-state index in [4.69, 9.17) is 14.9 Å². The van der Waals surface area contributed by atoms with E-state index in [1.165, 1.54) is 22.0 Å². The van der Waals surface area contributed by atoms with Crippen molar-refractivity contribution in [1.29, 1.82) is 0 Å². The normalized spacial score (nSPS) is 14.8. The molecule has 0 atom stereocenters. The van der Waals surface area contributed by atoms with Crippen LogP contribution in [0.15, 0.2) is 48.7 Å². The number of aromatic carboxylic acids is 1. The van der Waals surface area contributed by atoms with Crippen LogP contribution in [0, 0.1) is 6.92 Å². The molecule has 0 aliphatic carbocycles. The van der Waals surface area contributed by atoms with Gasteiger partial charge in [0.05, 0.1) is 19.3 Å². The maximum Gasteiger partial charge on any atom is 0.335 e. The van der Waals surface area contributed by atoms with Crippen molar-refractivity contribution in [3.63, 3.8) is 0 Å². The van der Waals surface area contributed by atoms with Crippen LogP contribution in [0.1, 0.15) is 21.5 Å². The first-order chi connectivity index (χ1) is 15.0. The Bertz CT molecular complexity index is 979. The van der Waals surface area contributed by atoms with E-state index in [9.17, 15) is 4.79 Å². The number of ether oxygens (including phenoxy) is 1. The molecule has 31 heavy (non-hydrogen) atoms. The number of carboxylic acids is 1. The standard InChI is InChI=1S/C17H25N3O2.C7H6O2/c1-13-11-16(22-2)15(14-3-4-18-17(13)14)12-20-7-5-19(6-8-20)9-10-21;8-7(9)6-4-2-1-3-5-6/h3-4,11,18,21H,5-10,12H2,1-2H3;1-5H,(H,8,9). The molecule has 1 fully saturated rings. The van der Waals surface area contributed by atoms with Crippen molar-refractivity contribution in [1.82, 2.24) is 14.8 Å². The minimum atomic E-state index is -0.879. The Morgan fingerprint density at radius 3 is 2.35 bits per heavy atom. The third-order valence-electron chi connectivity index (χ3n) is 5.62. The lowest BCUT2D eigenvalue weighted by Crippen LogP contribution is -2.46. The smallest absolute Gasteiger partial charge is 0.335 e. The van der Waals surface area contributed by atoms with Crippen LogP contribution in [0.5, 0.6) is 5.75 Å². The minimum Gasteiger partial charge on any atom is -0.496 e. The number of carbonyl (C=O) groups is 1. The predicted octanol–water partition coefficient (Wildman–Crippen LogP) is 2.98. The summed E-state index contributed by atoms with van der Waals surface area (Å²) in [7, 11) is 1.75. The van der Waals surface area contributed by atoms with Crippen LogP contribution in [0.3, 0.4) is 0 Å². The third-order valence-corrected chi connectivity index (χ3v) is 5.62. The zero-order chi connectivity index (χ0) is 22.2. The van der Waals surface area contributed by atoms with E-state index in [1.54, 1.807) is 37.4 Å². The zero-order valence-electron chi connectivity index (χ0n) is 18.2. The van der Waals surface area contributed by atoms with Crippen molar-refractivity contribution in [3.05, 3.63) is 65.4 Å². The first-order valence-corrected chi connectivity index (χ1v) is 10.5. The number of methoxy groups -OCH3 is 1. The highest BCUT2D eigenvalue weighted by Gasteiger charge is 2.20. The molecular formula is C24H31N3O4. The highest BCUT2D eigenvalue weighted by molar-refractivity contribution is 5.88. The van der Waals surface area contributed by atoms with Gasteiger partial charge in [0.2, 0.25) is 0 Å². The summed E-state index contributed by atoms with van der Waals surface area (Å²) in [6, 6.07) is 12.6. The molecule has 0 amide bonds. The van der Waals surface area contributed by atoms with E-state index in [-0.39, 0.29) is 6.61 Å². The molecule has 2 aromatic carbocycles. The van der Waals surface area contributed by atoms with Gasteiger partial charge in [0.25, 0.3) is 0 Å². The molecule has 166 valence electrons. The van der Waals surface area contributed by atoms with Gasteiger partial charge in [0.1, 0.15) is 5.75 Å². The number of nitrogens with one attached hydrogen (secondary N) is 1. The molecule has 7 nitrogen and oxygen atoms in total. The number of H-pyrrole nitrogens is 1. The van der Waals surface area contributed by atoms with Crippen LogP contribution in [-0.4, -0.2) is 77.4 Å².